The molecule has 1 aliphatic carbocycles. The molecule has 2 aromatic rings. The summed E-state index contributed by atoms with van der Waals surface area (Å²) in [7, 11) is 0. The molecule has 4 nitrogen and oxygen atoms in total. The minimum Gasteiger partial charge on any atom is -0.504 e. The Hall–Kier alpha value is -2.40. The predicted molar refractivity (Wildman–Crippen MR) is 97.2 cm³/mol. The van der Waals surface area contributed by atoms with E-state index in [2.05, 4.69) is 0 Å². The summed E-state index contributed by atoms with van der Waals surface area (Å²) in [6.45, 7) is 0. The Labute approximate surface area is 147 Å². The van der Waals surface area contributed by atoms with Crippen molar-refractivity contribution in [3.63, 3.8) is 0 Å². The standard InChI is InChI=1S/C19H18O4.H2S/c20-16-10-6-13(12-17(16)21)7-11-18(22)23-19(15-8-9-15)14-4-2-1-3-5-14;/h1-7,10-12,15,19-21H,8-9H2;1H2/b11-7+;/t19-;/m1./s1. The zero-order valence-corrected chi connectivity index (χ0v) is 14.1. The highest BCUT2D eigenvalue weighted by Gasteiger charge is 2.34. The van der Waals surface area contributed by atoms with Crippen LogP contribution in [0, 0.1) is 5.92 Å². The molecule has 0 amide bonds. The summed E-state index contributed by atoms with van der Waals surface area (Å²) >= 11 is 0. The highest BCUT2D eigenvalue weighted by molar-refractivity contribution is 7.59. The molecule has 5 heteroatoms. The van der Waals surface area contributed by atoms with Crippen molar-refractivity contribution in [2.45, 2.75) is 18.9 Å². The topological polar surface area (TPSA) is 66.8 Å². The van der Waals surface area contributed by atoms with E-state index in [-0.39, 0.29) is 31.1 Å². The van der Waals surface area contributed by atoms with Crippen LogP contribution in [0.2, 0.25) is 0 Å². The van der Waals surface area contributed by atoms with Gasteiger partial charge in [0.2, 0.25) is 0 Å². The number of carbonyl (C=O) groups is 1. The first-order valence-electron chi connectivity index (χ1n) is 7.59. The molecule has 1 atom stereocenters. The van der Waals surface area contributed by atoms with Gasteiger partial charge in [-0.2, -0.15) is 13.5 Å². The summed E-state index contributed by atoms with van der Waals surface area (Å²) in [6, 6.07) is 14.1. The smallest absolute Gasteiger partial charge is 0.331 e. The van der Waals surface area contributed by atoms with Gasteiger partial charge in [0.05, 0.1) is 0 Å². The maximum absolute atomic E-state index is 12.1. The minimum absolute atomic E-state index is 0. The SMILES string of the molecule is O=C(/C=C/c1ccc(O)c(O)c1)O[C@H](c1ccccc1)C1CC1.S. The Morgan fingerprint density at radius 3 is 2.42 bits per heavy atom. The number of aromatic hydroxyl groups is 2. The van der Waals surface area contributed by atoms with Crippen LogP contribution >= 0.6 is 13.5 Å². The molecule has 1 fully saturated rings. The van der Waals surface area contributed by atoms with Gasteiger partial charge in [-0.1, -0.05) is 36.4 Å². The molecule has 0 aliphatic heterocycles. The summed E-state index contributed by atoms with van der Waals surface area (Å²) in [5.74, 6) is -0.436. The van der Waals surface area contributed by atoms with Crippen molar-refractivity contribution in [2.24, 2.45) is 5.92 Å². The number of phenolic OH excluding ortho intramolecular Hbond substituents is 2. The van der Waals surface area contributed by atoms with Crippen molar-refractivity contribution >= 4 is 25.5 Å². The van der Waals surface area contributed by atoms with E-state index >= 15 is 0 Å². The van der Waals surface area contributed by atoms with Gasteiger partial charge in [-0.15, -0.1) is 0 Å². The van der Waals surface area contributed by atoms with Crippen LogP contribution in [0.5, 0.6) is 11.5 Å². The van der Waals surface area contributed by atoms with Gasteiger partial charge in [0.25, 0.3) is 0 Å². The van der Waals surface area contributed by atoms with Crippen LogP contribution in [0.25, 0.3) is 6.08 Å². The van der Waals surface area contributed by atoms with Crippen LogP contribution in [0.4, 0.5) is 0 Å². The highest BCUT2D eigenvalue weighted by Crippen LogP contribution is 2.43. The summed E-state index contributed by atoms with van der Waals surface area (Å²) in [4.78, 5) is 12.1. The molecule has 0 bridgehead atoms. The second-order valence-electron chi connectivity index (χ2n) is 5.69. The molecule has 24 heavy (non-hydrogen) atoms. The summed E-state index contributed by atoms with van der Waals surface area (Å²) in [5.41, 5.74) is 1.62. The summed E-state index contributed by atoms with van der Waals surface area (Å²) in [6.07, 6.45) is 4.83. The van der Waals surface area contributed by atoms with E-state index in [1.165, 1.54) is 18.2 Å². The van der Waals surface area contributed by atoms with Crippen LogP contribution < -0.4 is 0 Å². The Balaban J connectivity index is 0.00000208. The molecule has 2 aromatic carbocycles. The Morgan fingerprint density at radius 1 is 1.08 bits per heavy atom. The third-order valence-corrected chi connectivity index (χ3v) is 3.83. The number of carbonyl (C=O) groups excluding carboxylic acids is 1. The van der Waals surface area contributed by atoms with Gasteiger partial charge >= 0.3 is 5.97 Å². The lowest BCUT2D eigenvalue weighted by Crippen LogP contribution is -2.11. The van der Waals surface area contributed by atoms with Crippen LogP contribution in [-0.4, -0.2) is 16.2 Å². The van der Waals surface area contributed by atoms with E-state index in [0.717, 1.165) is 18.4 Å². The molecule has 0 aromatic heterocycles. The number of rotatable bonds is 5. The second-order valence-corrected chi connectivity index (χ2v) is 5.69. The summed E-state index contributed by atoms with van der Waals surface area (Å²) in [5, 5.41) is 18.7. The molecule has 0 saturated heterocycles. The van der Waals surface area contributed by atoms with E-state index in [0.29, 0.717) is 11.5 Å². The zero-order valence-electron chi connectivity index (χ0n) is 13.1. The first-order valence-corrected chi connectivity index (χ1v) is 7.59. The number of hydrogen-bond acceptors (Lipinski definition) is 4. The Morgan fingerprint density at radius 2 is 1.79 bits per heavy atom. The number of esters is 1. The predicted octanol–water partition coefficient (Wildman–Crippen LogP) is 3.92. The fourth-order valence-corrected chi connectivity index (χ4v) is 2.45. The number of phenols is 2. The van der Waals surface area contributed by atoms with Gasteiger partial charge in [-0.3, -0.25) is 0 Å². The van der Waals surface area contributed by atoms with Crippen LogP contribution in [0.3, 0.4) is 0 Å². The molecule has 3 rings (SSSR count). The molecule has 2 N–H and O–H groups in total. The van der Waals surface area contributed by atoms with Crippen molar-refractivity contribution < 1.29 is 19.7 Å². The number of hydrogen-bond donors (Lipinski definition) is 2. The summed E-state index contributed by atoms with van der Waals surface area (Å²) < 4.78 is 5.60. The third-order valence-electron chi connectivity index (χ3n) is 3.83. The molecule has 1 aliphatic rings. The molecule has 1 saturated carbocycles. The van der Waals surface area contributed by atoms with Gasteiger partial charge in [0.1, 0.15) is 6.10 Å². The molecule has 0 spiro atoms. The molecule has 0 radical (unpaired) electrons. The van der Waals surface area contributed by atoms with Gasteiger partial charge in [0, 0.05) is 12.0 Å². The van der Waals surface area contributed by atoms with Crippen LogP contribution in [0.1, 0.15) is 30.1 Å². The monoisotopic (exact) mass is 344 g/mol. The third kappa shape index (κ3) is 4.55. The van der Waals surface area contributed by atoms with Gasteiger partial charge in [-0.25, -0.2) is 4.79 Å². The maximum Gasteiger partial charge on any atom is 0.331 e. The number of ether oxygens (including phenoxy) is 1. The van der Waals surface area contributed by atoms with Crippen LogP contribution in [0.15, 0.2) is 54.6 Å². The van der Waals surface area contributed by atoms with E-state index in [1.807, 2.05) is 30.3 Å². The van der Waals surface area contributed by atoms with E-state index in [9.17, 15) is 15.0 Å². The lowest BCUT2D eigenvalue weighted by atomic mass is 10.1. The van der Waals surface area contributed by atoms with Gasteiger partial charge in [-0.05, 0) is 42.2 Å². The molecule has 0 unspecified atom stereocenters. The van der Waals surface area contributed by atoms with Crippen molar-refractivity contribution in [2.75, 3.05) is 0 Å². The fourth-order valence-electron chi connectivity index (χ4n) is 2.45. The van der Waals surface area contributed by atoms with Gasteiger partial charge < -0.3 is 14.9 Å². The molecular formula is C19H20O4S. The van der Waals surface area contributed by atoms with Crippen molar-refractivity contribution in [1.29, 1.82) is 0 Å². The minimum atomic E-state index is -0.418. The Kier molecular flexibility index (Phi) is 5.93. The quantitative estimate of drug-likeness (QED) is 0.490. The van der Waals surface area contributed by atoms with E-state index < -0.39 is 5.97 Å². The molecule has 126 valence electrons. The first-order chi connectivity index (χ1) is 11.1. The molecular weight excluding hydrogens is 324 g/mol. The average Bonchev–Trinajstić information content (AvgIpc) is 3.39. The van der Waals surface area contributed by atoms with E-state index in [4.69, 9.17) is 4.74 Å². The largest absolute Gasteiger partial charge is 0.504 e. The zero-order chi connectivity index (χ0) is 16.2. The van der Waals surface area contributed by atoms with Crippen LogP contribution in [-0.2, 0) is 9.53 Å². The fraction of sp³-hybridized carbons (Fsp3) is 0.211. The first kappa shape index (κ1) is 17.9. The second kappa shape index (κ2) is 7.93. The highest BCUT2D eigenvalue weighted by atomic mass is 32.1. The average molecular weight is 344 g/mol. The Bertz CT molecular complexity index is 723. The normalized spacial score (nSPS) is 14.8. The number of benzene rings is 2. The van der Waals surface area contributed by atoms with Crippen molar-refractivity contribution in [3.8, 4) is 11.5 Å². The maximum atomic E-state index is 12.1. The lowest BCUT2D eigenvalue weighted by molar-refractivity contribution is -0.144. The lowest BCUT2D eigenvalue weighted by Gasteiger charge is -2.16. The van der Waals surface area contributed by atoms with Gasteiger partial charge in [0.15, 0.2) is 11.5 Å². The van der Waals surface area contributed by atoms with E-state index in [1.54, 1.807) is 12.1 Å². The molecule has 0 heterocycles. The van der Waals surface area contributed by atoms with Crippen molar-refractivity contribution in [3.05, 3.63) is 65.7 Å². The van der Waals surface area contributed by atoms with Crippen molar-refractivity contribution in [1.82, 2.24) is 0 Å².